The highest BCUT2D eigenvalue weighted by atomic mass is 16.5. The Balaban J connectivity index is 1.40. The Morgan fingerprint density at radius 3 is 2.56 bits per heavy atom. The minimum atomic E-state index is 0.0290. The van der Waals surface area contributed by atoms with Gasteiger partial charge in [-0.3, -0.25) is 4.79 Å². The first kappa shape index (κ1) is 18.1. The van der Waals surface area contributed by atoms with Gasteiger partial charge in [0.05, 0.1) is 18.9 Å². The van der Waals surface area contributed by atoms with E-state index in [1.54, 1.807) is 7.11 Å². The van der Waals surface area contributed by atoms with Gasteiger partial charge >= 0.3 is 0 Å². The molecular weight excluding hydrogens is 316 g/mol. The van der Waals surface area contributed by atoms with Crippen LogP contribution in [0.2, 0.25) is 0 Å². The molecule has 3 rings (SSSR count). The minimum absolute atomic E-state index is 0.0290. The molecular formula is C20H30N2O3. The summed E-state index contributed by atoms with van der Waals surface area (Å²) in [5, 5.41) is 3.14. The number of methoxy groups -OCH3 is 1. The van der Waals surface area contributed by atoms with E-state index in [1.807, 2.05) is 18.2 Å². The van der Waals surface area contributed by atoms with Crippen LogP contribution in [0.3, 0.4) is 0 Å². The molecule has 0 radical (unpaired) electrons. The summed E-state index contributed by atoms with van der Waals surface area (Å²) in [6.07, 6.45) is 8.15. The average molecular weight is 346 g/mol. The van der Waals surface area contributed by atoms with Gasteiger partial charge in [0, 0.05) is 19.1 Å². The molecule has 1 aliphatic heterocycles. The van der Waals surface area contributed by atoms with E-state index < -0.39 is 0 Å². The molecule has 0 spiro atoms. The number of rotatable bonds is 6. The van der Waals surface area contributed by atoms with Crippen molar-refractivity contribution in [3.8, 4) is 5.75 Å². The zero-order chi connectivity index (χ0) is 17.5. The highest BCUT2D eigenvalue weighted by Gasteiger charge is 2.23. The number of nitrogens with zero attached hydrogens (tertiary/aromatic N) is 1. The molecule has 1 aromatic rings. The molecule has 1 aliphatic carbocycles. The third-order valence-electron chi connectivity index (χ3n) is 5.29. The van der Waals surface area contributed by atoms with Crippen LogP contribution < -0.4 is 15.0 Å². The molecule has 1 saturated heterocycles. The third kappa shape index (κ3) is 5.11. The lowest BCUT2D eigenvalue weighted by molar-refractivity contribution is -0.129. The maximum atomic E-state index is 12.1. The topological polar surface area (TPSA) is 50.8 Å². The molecule has 0 atom stereocenters. The van der Waals surface area contributed by atoms with Gasteiger partial charge in [0.25, 0.3) is 0 Å². The SMILES string of the molecule is COc1ccccc1N1CCC(NC(=O)COC2CCCCC2)CC1. The second kappa shape index (κ2) is 9.09. The monoisotopic (exact) mass is 346 g/mol. The van der Waals surface area contributed by atoms with Crippen molar-refractivity contribution in [3.05, 3.63) is 24.3 Å². The molecule has 2 aliphatic rings. The van der Waals surface area contributed by atoms with Gasteiger partial charge in [-0.25, -0.2) is 0 Å². The van der Waals surface area contributed by atoms with Gasteiger partial charge in [0.1, 0.15) is 12.4 Å². The molecule has 25 heavy (non-hydrogen) atoms. The Morgan fingerprint density at radius 1 is 1.12 bits per heavy atom. The minimum Gasteiger partial charge on any atom is -0.495 e. The number of nitrogens with one attached hydrogen (secondary N) is 1. The second-order valence-corrected chi connectivity index (χ2v) is 7.07. The van der Waals surface area contributed by atoms with Gasteiger partial charge in [0.2, 0.25) is 5.91 Å². The van der Waals surface area contributed by atoms with E-state index in [0.29, 0.717) is 0 Å². The van der Waals surface area contributed by atoms with Crippen LogP contribution in [0, 0.1) is 0 Å². The normalized spacial score (nSPS) is 19.6. The molecule has 0 unspecified atom stereocenters. The largest absolute Gasteiger partial charge is 0.495 e. The third-order valence-corrected chi connectivity index (χ3v) is 5.29. The smallest absolute Gasteiger partial charge is 0.246 e. The lowest BCUT2D eigenvalue weighted by Gasteiger charge is -2.34. The van der Waals surface area contributed by atoms with Crippen LogP contribution in [-0.4, -0.2) is 44.9 Å². The first-order valence-corrected chi connectivity index (χ1v) is 9.55. The van der Waals surface area contributed by atoms with Gasteiger partial charge < -0.3 is 19.7 Å². The predicted octanol–water partition coefficient (Wildman–Crippen LogP) is 3.13. The van der Waals surface area contributed by atoms with Crippen LogP contribution in [0.25, 0.3) is 0 Å². The molecule has 2 fully saturated rings. The Bertz CT molecular complexity index is 550. The summed E-state index contributed by atoms with van der Waals surface area (Å²) in [7, 11) is 1.71. The van der Waals surface area contributed by atoms with Crippen molar-refractivity contribution < 1.29 is 14.3 Å². The number of para-hydroxylation sites is 2. The van der Waals surface area contributed by atoms with E-state index in [0.717, 1.165) is 50.2 Å². The summed E-state index contributed by atoms with van der Waals surface area (Å²) in [6.45, 7) is 2.06. The fourth-order valence-corrected chi connectivity index (χ4v) is 3.85. The van der Waals surface area contributed by atoms with Crippen LogP contribution in [0.5, 0.6) is 5.75 Å². The summed E-state index contributed by atoms with van der Waals surface area (Å²) >= 11 is 0. The number of anilines is 1. The quantitative estimate of drug-likeness (QED) is 0.860. The standard InChI is InChI=1S/C20H30N2O3/c1-24-19-10-6-5-9-18(19)22-13-11-16(12-14-22)21-20(23)15-25-17-7-3-2-4-8-17/h5-6,9-10,16-17H,2-4,7-8,11-15H2,1H3,(H,21,23). The highest BCUT2D eigenvalue weighted by Crippen LogP contribution is 2.29. The van der Waals surface area contributed by atoms with Gasteiger partial charge in [0.15, 0.2) is 0 Å². The van der Waals surface area contributed by atoms with Crippen LogP contribution in [0.4, 0.5) is 5.69 Å². The number of carbonyl (C=O) groups is 1. The van der Waals surface area contributed by atoms with Crippen LogP contribution in [-0.2, 0) is 9.53 Å². The average Bonchev–Trinajstić information content (AvgIpc) is 2.68. The molecule has 1 saturated carbocycles. The van der Waals surface area contributed by atoms with Crippen molar-refractivity contribution in [2.75, 3.05) is 31.7 Å². The zero-order valence-corrected chi connectivity index (χ0v) is 15.2. The van der Waals surface area contributed by atoms with Gasteiger partial charge in [-0.15, -0.1) is 0 Å². The first-order chi connectivity index (χ1) is 12.3. The van der Waals surface area contributed by atoms with Crippen molar-refractivity contribution in [2.45, 2.75) is 57.1 Å². The lowest BCUT2D eigenvalue weighted by Crippen LogP contribution is -2.46. The number of amides is 1. The maximum absolute atomic E-state index is 12.1. The number of hydrogen-bond donors (Lipinski definition) is 1. The van der Waals surface area contributed by atoms with E-state index >= 15 is 0 Å². The Hall–Kier alpha value is -1.75. The summed E-state index contributed by atoms with van der Waals surface area (Å²) < 4.78 is 11.2. The lowest BCUT2D eigenvalue weighted by atomic mass is 9.98. The molecule has 138 valence electrons. The first-order valence-electron chi connectivity index (χ1n) is 9.55. The van der Waals surface area contributed by atoms with E-state index in [2.05, 4.69) is 16.3 Å². The highest BCUT2D eigenvalue weighted by molar-refractivity contribution is 5.77. The number of benzene rings is 1. The number of hydrogen-bond acceptors (Lipinski definition) is 4. The Labute approximate surface area is 150 Å². The molecule has 5 nitrogen and oxygen atoms in total. The molecule has 1 amide bonds. The van der Waals surface area contributed by atoms with E-state index in [9.17, 15) is 4.79 Å². The van der Waals surface area contributed by atoms with Crippen LogP contribution in [0.1, 0.15) is 44.9 Å². The summed E-state index contributed by atoms with van der Waals surface area (Å²) in [6, 6.07) is 8.35. The van der Waals surface area contributed by atoms with Crippen molar-refractivity contribution >= 4 is 11.6 Å². The van der Waals surface area contributed by atoms with Crippen molar-refractivity contribution in [1.82, 2.24) is 5.32 Å². The molecule has 1 aromatic carbocycles. The summed E-state index contributed by atoms with van der Waals surface area (Å²) in [5.41, 5.74) is 1.13. The number of piperidine rings is 1. The Morgan fingerprint density at radius 2 is 1.84 bits per heavy atom. The van der Waals surface area contributed by atoms with Crippen LogP contribution in [0.15, 0.2) is 24.3 Å². The number of ether oxygens (including phenoxy) is 2. The molecule has 1 N–H and O–H groups in total. The number of carbonyl (C=O) groups excluding carboxylic acids is 1. The maximum Gasteiger partial charge on any atom is 0.246 e. The molecule has 0 aromatic heterocycles. The molecule has 5 heteroatoms. The van der Waals surface area contributed by atoms with E-state index in [-0.39, 0.29) is 24.7 Å². The van der Waals surface area contributed by atoms with E-state index in [1.165, 1.54) is 19.3 Å². The summed E-state index contributed by atoms with van der Waals surface area (Å²) in [5.74, 6) is 0.937. The zero-order valence-electron chi connectivity index (χ0n) is 15.2. The molecule has 1 heterocycles. The predicted molar refractivity (Wildman–Crippen MR) is 99.2 cm³/mol. The fourth-order valence-electron chi connectivity index (χ4n) is 3.85. The van der Waals surface area contributed by atoms with Gasteiger partial charge in [-0.1, -0.05) is 31.4 Å². The van der Waals surface area contributed by atoms with Crippen molar-refractivity contribution in [2.24, 2.45) is 0 Å². The molecule has 0 bridgehead atoms. The van der Waals surface area contributed by atoms with Gasteiger partial charge in [-0.2, -0.15) is 0 Å². The van der Waals surface area contributed by atoms with Crippen LogP contribution >= 0.6 is 0 Å². The Kier molecular flexibility index (Phi) is 6.56. The van der Waals surface area contributed by atoms with E-state index in [4.69, 9.17) is 9.47 Å². The second-order valence-electron chi connectivity index (χ2n) is 7.07. The fraction of sp³-hybridized carbons (Fsp3) is 0.650. The summed E-state index contributed by atoms with van der Waals surface area (Å²) in [4.78, 5) is 14.5. The van der Waals surface area contributed by atoms with Crippen molar-refractivity contribution in [1.29, 1.82) is 0 Å². The van der Waals surface area contributed by atoms with Crippen molar-refractivity contribution in [3.63, 3.8) is 0 Å². The van der Waals surface area contributed by atoms with Gasteiger partial charge in [-0.05, 0) is 37.8 Å².